The van der Waals surface area contributed by atoms with Crippen molar-refractivity contribution in [3.8, 4) is 17.6 Å². The van der Waals surface area contributed by atoms with Crippen LogP contribution in [-0.4, -0.2) is 7.11 Å². The van der Waals surface area contributed by atoms with Crippen LogP contribution in [0.5, 0.6) is 5.75 Å². The van der Waals surface area contributed by atoms with E-state index in [1.165, 1.54) is 5.56 Å². The topological polar surface area (TPSA) is 21.3 Å². The van der Waals surface area contributed by atoms with E-state index < -0.39 is 0 Å². The van der Waals surface area contributed by atoms with Gasteiger partial charge in [-0.1, -0.05) is 72.0 Å². The Kier molecular flexibility index (Phi) is 5.39. The average molecular weight is 327 g/mol. The monoisotopic (exact) mass is 327 g/mol. The Hall–Kier alpha value is -3.18. The molecule has 0 aromatic heterocycles. The summed E-state index contributed by atoms with van der Waals surface area (Å²) in [5.74, 6) is 7.42. The molecule has 1 atom stereocenters. The van der Waals surface area contributed by atoms with Crippen molar-refractivity contribution in [1.82, 2.24) is 0 Å². The maximum absolute atomic E-state index is 5.45. The fraction of sp³-hybridized carbons (Fsp3) is 0.130. The highest BCUT2D eigenvalue weighted by Crippen LogP contribution is 2.27. The molecule has 0 heterocycles. The number of hydrogen-bond acceptors (Lipinski definition) is 2. The Morgan fingerprint density at radius 3 is 2.24 bits per heavy atom. The summed E-state index contributed by atoms with van der Waals surface area (Å²) < 4.78 is 5.45. The maximum atomic E-state index is 5.45. The van der Waals surface area contributed by atoms with Crippen LogP contribution < -0.4 is 10.1 Å². The van der Waals surface area contributed by atoms with Crippen molar-refractivity contribution in [1.29, 1.82) is 0 Å². The second kappa shape index (κ2) is 8.08. The number of para-hydroxylation sites is 2. The minimum Gasteiger partial charge on any atom is -0.495 e. The third-order valence-corrected chi connectivity index (χ3v) is 3.95. The summed E-state index contributed by atoms with van der Waals surface area (Å²) in [5, 5.41) is 3.51. The van der Waals surface area contributed by atoms with Crippen molar-refractivity contribution in [2.24, 2.45) is 0 Å². The lowest BCUT2D eigenvalue weighted by molar-refractivity contribution is 0.416. The van der Waals surface area contributed by atoms with Crippen molar-refractivity contribution >= 4 is 5.69 Å². The quantitative estimate of drug-likeness (QED) is 0.664. The van der Waals surface area contributed by atoms with Gasteiger partial charge in [0.25, 0.3) is 0 Å². The largest absolute Gasteiger partial charge is 0.495 e. The number of aryl methyl sites for hydroxylation is 1. The Bertz CT molecular complexity index is 873. The van der Waals surface area contributed by atoms with E-state index in [1.54, 1.807) is 7.11 Å². The van der Waals surface area contributed by atoms with E-state index in [0.717, 1.165) is 22.6 Å². The number of nitrogens with one attached hydrogen (secondary N) is 1. The van der Waals surface area contributed by atoms with Crippen molar-refractivity contribution in [2.75, 3.05) is 12.4 Å². The normalized spacial score (nSPS) is 11.1. The van der Waals surface area contributed by atoms with Gasteiger partial charge in [0.05, 0.1) is 12.8 Å². The summed E-state index contributed by atoms with van der Waals surface area (Å²) in [6, 6.07) is 26.2. The first-order chi connectivity index (χ1) is 12.3. The molecule has 0 spiro atoms. The van der Waals surface area contributed by atoms with E-state index in [2.05, 4.69) is 48.3 Å². The molecular weight excluding hydrogens is 306 g/mol. The van der Waals surface area contributed by atoms with Gasteiger partial charge in [0.2, 0.25) is 0 Å². The second-order valence-corrected chi connectivity index (χ2v) is 5.82. The third kappa shape index (κ3) is 4.43. The smallest absolute Gasteiger partial charge is 0.141 e. The summed E-state index contributed by atoms with van der Waals surface area (Å²) >= 11 is 0. The number of methoxy groups -OCH3 is 1. The molecule has 2 heteroatoms. The summed E-state index contributed by atoms with van der Waals surface area (Å²) in [6.07, 6.45) is 0. The van der Waals surface area contributed by atoms with Crippen LogP contribution in [0.4, 0.5) is 5.69 Å². The van der Waals surface area contributed by atoms with Gasteiger partial charge in [-0.2, -0.15) is 0 Å². The first-order valence-corrected chi connectivity index (χ1v) is 8.29. The van der Waals surface area contributed by atoms with Crippen LogP contribution in [0.1, 0.15) is 22.7 Å². The summed E-state index contributed by atoms with van der Waals surface area (Å²) in [4.78, 5) is 0. The van der Waals surface area contributed by atoms with Gasteiger partial charge in [0.15, 0.2) is 0 Å². The lowest BCUT2D eigenvalue weighted by Crippen LogP contribution is -2.09. The molecule has 0 amide bonds. The van der Waals surface area contributed by atoms with E-state index in [-0.39, 0.29) is 6.04 Å². The third-order valence-electron chi connectivity index (χ3n) is 3.95. The number of rotatable bonds is 4. The number of ether oxygens (including phenoxy) is 1. The molecule has 124 valence electrons. The molecular formula is C23H21NO. The zero-order chi connectivity index (χ0) is 17.5. The standard InChI is InChI=1S/C23H21NO/c1-18-12-15-20(16-13-18)21(17-14-19-8-4-3-5-9-19)24-22-10-6-7-11-23(22)25-2/h3-13,15-16,21,24H,1-2H3. The van der Waals surface area contributed by atoms with Gasteiger partial charge >= 0.3 is 0 Å². The fourth-order valence-corrected chi connectivity index (χ4v) is 2.56. The zero-order valence-corrected chi connectivity index (χ0v) is 14.5. The molecule has 1 N–H and O–H groups in total. The zero-order valence-electron chi connectivity index (χ0n) is 14.5. The number of anilines is 1. The van der Waals surface area contributed by atoms with Crippen LogP contribution in [0.3, 0.4) is 0 Å². The molecule has 0 radical (unpaired) electrons. The van der Waals surface area contributed by atoms with Gasteiger partial charge in [-0.05, 0) is 36.8 Å². The molecule has 0 bridgehead atoms. The van der Waals surface area contributed by atoms with Gasteiger partial charge in [-0.3, -0.25) is 0 Å². The summed E-state index contributed by atoms with van der Waals surface area (Å²) in [6.45, 7) is 2.09. The molecule has 25 heavy (non-hydrogen) atoms. The Balaban J connectivity index is 1.94. The molecule has 1 unspecified atom stereocenters. The molecule has 0 saturated carbocycles. The molecule has 3 aromatic carbocycles. The molecule has 0 aliphatic rings. The van der Waals surface area contributed by atoms with E-state index in [4.69, 9.17) is 4.74 Å². The van der Waals surface area contributed by atoms with Crippen LogP contribution in [0.15, 0.2) is 78.9 Å². The van der Waals surface area contributed by atoms with Crippen molar-refractivity contribution in [3.63, 3.8) is 0 Å². The van der Waals surface area contributed by atoms with Crippen LogP contribution in [-0.2, 0) is 0 Å². The van der Waals surface area contributed by atoms with E-state index >= 15 is 0 Å². The predicted octanol–water partition coefficient (Wildman–Crippen LogP) is 5.21. The minimum absolute atomic E-state index is 0.128. The van der Waals surface area contributed by atoms with Gasteiger partial charge < -0.3 is 10.1 Å². The summed E-state index contributed by atoms with van der Waals surface area (Å²) in [5.41, 5.74) is 4.29. The number of benzene rings is 3. The van der Waals surface area contributed by atoms with E-state index in [1.807, 2.05) is 54.6 Å². The maximum Gasteiger partial charge on any atom is 0.141 e. The highest BCUT2D eigenvalue weighted by Gasteiger charge is 2.11. The van der Waals surface area contributed by atoms with E-state index in [0.29, 0.717) is 0 Å². The highest BCUT2D eigenvalue weighted by atomic mass is 16.5. The lowest BCUT2D eigenvalue weighted by Gasteiger charge is -2.17. The molecule has 0 saturated heterocycles. The van der Waals surface area contributed by atoms with Crippen molar-refractivity contribution in [2.45, 2.75) is 13.0 Å². The van der Waals surface area contributed by atoms with Gasteiger partial charge in [-0.15, -0.1) is 0 Å². The SMILES string of the molecule is COc1ccccc1NC(C#Cc1ccccc1)c1ccc(C)cc1. The Morgan fingerprint density at radius 2 is 1.52 bits per heavy atom. The Labute approximate surface area is 149 Å². The van der Waals surface area contributed by atoms with Gasteiger partial charge in [0.1, 0.15) is 11.8 Å². The van der Waals surface area contributed by atoms with Crippen LogP contribution in [0.25, 0.3) is 0 Å². The van der Waals surface area contributed by atoms with Crippen molar-refractivity contribution in [3.05, 3.63) is 95.6 Å². The van der Waals surface area contributed by atoms with Crippen molar-refractivity contribution < 1.29 is 4.74 Å². The van der Waals surface area contributed by atoms with Crippen LogP contribution in [0.2, 0.25) is 0 Å². The first-order valence-electron chi connectivity index (χ1n) is 8.29. The molecule has 0 aliphatic heterocycles. The average Bonchev–Trinajstić information content (AvgIpc) is 2.67. The minimum atomic E-state index is -0.128. The fourth-order valence-electron chi connectivity index (χ4n) is 2.56. The molecule has 3 rings (SSSR count). The van der Waals surface area contributed by atoms with Gasteiger partial charge in [-0.25, -0.2) is 0 Å². The molecule has 2 nitrogen and oxygen atoms in total. The lowest BCUT2D eigenvalue weighted by atomic mass is 10.0. The predicted molar refractivity (Wildman–Crippen MR) is 104 cm³/mol. The molecule has 3 aromatic rings. The summed E-state index contributed by atoms with van der Waals surface area (Å²) in [7, 11) is 1.68. The van der Waals surface area contributed by atoms with Gasteiger partial charge in [0, 0.05) is 5.56 Å². The Morgan fingerprint density at radius 1 is 0.840 bits per heavy atom. The number of hydrogen-bond donors (Lipinski definition) is 1. The van der Waals surface area contributed by atoms with E-state index in [9.17, 15) is 0 Å². The second-order valence-electron chi connectivity index (χ2n) is 5.82. The van der Waals surface area contributed by atoms with Crippen LogP contribution in [0, 0.1) is 18.8 Å². The highest BCUT2D eigenvalue weighted by molar-refractivity contribution is 5.59. The molecule has 0 aliphatic carbocycles. The first kappa shape index (κ1) is 16.7. The van der Waals surface area contributed by atoms with Crippen LogP contribution >= 0.6 is 0 Å². The molecule has 0 fully saturated rings.